The molecule has 0 N–H and O–H groups in total. The minimum atomic E-state index is 0.301. The molecule has 1 heterocycles. The summed E-state index contributed by atoms with van der Waals surface area (Å²) in [6, 6.07) is 0. The molecular weight excluding hydrogens is 160 g/mol. The third-order valence-electron chi connectivity index (χ3n) is 2.51. The number of hydrogen-bond acceptors (Lipinski definition) is 1. The van der Waals surface area contributed by atoms with E-state index in [1.807, 2.05) is 0 Å². The first-order valence-electron chi connectivity index (χ1n) is 4.42. The molecule has 0 spiro atoms. The Morgan fingerprint density at radius 2 is 2.27 bits per heavy atom. The first-order valence-corrected chi connectivity index (χ1v) is 4.85. The van der Waals surface area contributed by atoms with Crippen molar-refractivity contribution in [2.24, 2.45) is 11.8 Å². The van der Waals surface area contributed by atoms with Gasteiger partial charge >= 0.3 is 0 Å². The molecule has 3 atom stereocenters. The molecular formula is C9H17ClO. The van der Waals surface area contributed by atoms with E-state index in [0.717, 1.165) is 19.1 Å². The van der Waals surface area contributed by atoms with Crippen LogP contribution in [0.15, 0.2) is 0 Å². The highest BCUT2D eigenvalue weighted by molar-refractivity contribution is 6.20. The summed E-state index contributed by atoms with van der Waals surface area (Å²) in [5.41, 5.74) is 0. The van der Waals surface area contributed by atoms with E-state index in [0.29, 0.717) is 11.3 Å². The molecule has 1 fully saturated rings. The van der Waals surface area contributed by atoms with Crippen LogP contribution < -0.4 is 0 Å². The lowest BCUT2D eigenvalue weighted by atomic mass is 9.93. The van der Waals surface area contributed by atoms with Gasteiger partial charge in [0.15, 0.2) is 0 Å². The van der Waals surface area contributed by atoms with Crippen LogP contribution in [0.2, 0.25) is 0 Å². The topological polar surface area (TPSA) is 9.23 Å². The third kappa shape index (κ3) is 3.00. The van der Waals surface area contributed by atoms with Gasteiger partial charge in [-0.15, -0.1) is 11.6 Å². The molecule has 1 aliphatic rings. The molecule has 0 amide bonds. The minimum absolute atomic E-state index is 0.301. The fourth-order valence-electron chi connectivity index (χ4n) is 1.48. The van der Waals surface area contributed by atoms with Crippen molar-refractivity contribution < 1.29 is 4.74 Å². The Hall–Kier alpha value is 0.250. The van der Waals surface area contributed by atoms with Gasteiger partial charge in [0.25, 0.3) is 0 Å². The standard InChI is InChI=1S/C9H17ClO/c1-7(8(2)10)5-9-3-4-11-6-9/h7-9H,3-6H2,1-2H3. The maximum atomic E-state index is 5.97. The van der Waals surface area contributed by atoms with Crippen LogP contribution in [0.3, 0.4) is 0 Å². The molecule has 0 aromatic carbocycles. The van der Waals surface area contributed by atoms with Gasteiger partial charge in [0.2, 0.25) is 0 Å². The molecule has 66 valence electrons. The van der Waals surface area contributed by atoms with Gasteiger partial charge in [-0.05, 0) is 31.6 Å². The highest BCUT2D eigenvalue weighted by Gasteiger charge is 2.20. The first kappa shape index (κ1) is 9.34. The van der Waals surface area contributed by atoms with Crippen LogP contribution in [0.25, 0.3) is 0 Å². The Kier molecular flexibility index (Phi) is 3.67. The lowest BCUT2D eigenvalue weighted by Crippen LogP contribution is -2.13. The summed E-state index contributed by atoms with van der Waals surface area (Å²) in [5, 5.41) is 0.301. The smallest absolute Gasteiger partial charge is 0.0495 e. The molecule has 1 nitrogen and oxygen atoms in total. The van der Waals surface area contributed by atoms with E-state index < -0.39 is 0 Å². The maximum Gasteiger partial charge on any atom is 0.0495 e. The molecule has 0 bridgehead atoms. The second-order valence-corrected chi connectivity index (χ2v) is 4.31. The summed E-state index contributed by atoms with van der Waals surface area (Å²) >= 11 is 5.97. The molecule has 0 saturated carbocycles. The molecule has 3 unspecified atom stereocenters. The van der Waals surface area contributed by atoms with Gasteiger partial charge in [-0.2, -0.15) is 0 Å². The van der Waals surface area contributed by atoms with E-state index in [-0.39, 0.29) is 0 Å². The summed E-state index contributed by atoms with van der Waals surface area (Å²) in [5.74, 6) is 1.40. The second kappa shape index (κ2) is 4.32. The number of hydrogen-bond donors (Lipinski definition) is 0. The molecule has 0 radical (unpaired) electrons. The predicted molar refractivity (Wildman–Crippen MR) is 48.0 cm³/mol. The van der Waals surface area contributed by atoms with Gasteiger partial charge in [0.1, 0.15) is 0 Å². The highest BCUT2D eigenvalue weighted by atomic mass is 35.5. The van der Waals surface area contributed by atoms with Crippen LogP contribution in [0, 0.1) is 11.8 Å². The highest BCUT2D eigenvalue weighted by Crippen LogP contribution is 2.24. The van der Waals surface area contributed by atoms with Crippen LogP contribution in [0.4, 0.5) is 0 Å². The fourth-order valence-corrected chi connectivity index (χ4v) is 1.59. The Labute approximate surface area is 74.1 Å². The second-order valence-electron chi connectivity index (χ2n) is 3.62. The molecule has 0 aliphatic carbocycles. The number of rotatable bonds is 3. The van der Waals surface area contributed by atoms with Gasteiger partial charge in [0.05, 0.1) is 0 Å². The lowest BCUT2D eigenvalue weighted by molar-refractivity contribution is 0.180. The van der Waals surface area contributed by atoms with E-state index in [2.05, 4.69) is 13.8 Å². The summed E-state index contributed by atoms with van der Waals surface area (Å²) in [6.45, 7) is 6.19. The van der Waals surface area contributed by atoms with E-state index >= 15 is 0 Å². The van der Waals surface area contributed by atoms with Crippen molar-refractivity contribution in [2.45, 2.75) is 32.1 Å². The van der Waals surface area contributed by atoms with E-state index in [4.69, 9.17) is 16.3 Å². The third-order valence-corrected chi connectivity index (χ3v) is 2.94. The summed E-state index contributed by atoms with van der Waals surface area (Å²) in [7, 11) is 0. The van der Waals surface area contributed by atoms with Crippen molar-refractivity contribution >= 4 is 11.6 Å². The van der Waals surface area contributed by atoms with Crippen LogP contribution in [-0.2, 0) is 4.74 Å². The molecule has 0 aromatic rings. The van der Waals surface area contributed by atoms with Gasteiger partial charge in [-0.25, -0.2) is 0 Å². The SMILES string of the molecule is CC(Cl)C(C)CC1CCOC1. The largest absolute Gasteiger partial charge is 0.381 e. The molecule has 0 aromatic heterocycles. The molecule has 11 heavy (non-hydrogen) atoms. The summed E-state index contributed by atoms with van der Waals surface area (Å²) in [6.07, 6.45) is 2.46. The average Bonchev–Trinajstić information content (AvgIpc) is 2.39. The molecule has 1 saturated heterocycles. The van der Waals surface area contributed by atoms with Gasteiger partial charge in [-0.3, -0.25) is 0 Å². The number of alkyl halides is 1. The van der Waals surface area contributed by atoms with Crippen LogP contribution >= 0.6 is 11.6 Å². The van der Waals surface area contributed by atoms with E-state index in [1.54, 1.807) is 0 Å². The number of halogens is 1. The van der Waals surface area contributed by atoms with Crippen molar-refractivity contribution in [1.82, 2.24) is 0 Å². The van der Waals surface area contributed by atoms with Gasteiger partial charge in [-0.1, -0.05) is 6.92 Å². The van der Waals surface area contributed by atoms with Crippen LogP contribution in [-0.4, -0.2) is 18.6 Å². The zero-order chi connectivity index (χ0) is 8.27. The number of ether oxygens (including phenoxy) is 1. The van der Waals surface area contributed by atoms with Crippen molar-refractivity contribution in [2.75, 3.05) is 13.2 Å². The monoisotopic (exact) mass is 176 g/mol. The lowest BCUT2D eigenvalue weighted by Gasteiger charge is -2.16. The molecule has 2 heteroatoms. The molecule has 1 aliphatic heterocycles. The Balaban J connectivity index is 2.18. The quantitative estimate of drug-likeness (QED) is 0.601. The van der Waals surface area contributed by atoms with Crippen molar-refractivity contribution in [3.8, 4) is 0 Å². The van der Waals surface area contributed by atoms with E-state index in [1.165, 1.54) is 12.8 Å². The predicted octanol–water partition coefficient (Wildman–Crippen LogP) is 2.68. The average molecular weight is 177 g/mol. The summed E-state index contributed by atoms with van der Waals surface area (Å²) in [4.78, 5) is 0. The van der Waals surface area contributed by atoms with Crippen LogP contribution in [0.5, 0.6) is 0 Å². The first-order chi connectivity index (χ1) is 5.20. The minimum Gasteiger partial charge on any atom is -0.381 e. The van der Waals surface area contributed by atoms with Gasteiger partial charge < -0.3 is 4.74 Å². The zero-order valence-electron chi connectivity index (χ0n) is 7.35. The van der Waals surface area contributed by atoms with Crippen molar-refractivity contribution in [1.29, 1.82) is 0 Å². The Bertz CT molecular complexity index is 108. The molecule has 1 rings (SSSR count). The maximum absolute atomic E-state index is 5.97. The van der Waals surface area contributed by atoms with Crippen LogP contribution in [0.1, 0.15) is 26.7 Å². The van der Waals surface area contributed by atoms with E-state index in [9.17, 15) is 0 Å². The van der Waals surface area contributed by atoms with Crippen molar-refractivity contribution in [3.63, 3.8) is 0 Å². The normalized spacial score (nSPS) is 30.3. The summed E-state index contributed by atoms with van der Waals surface area (Å²) < 4.78 is 5.29. The Morgan fingerprint density at radius 1 is 1.55 bits per heavy atom. The fraction of sp³-hybridized carbons (Fsp3) is 1.00. The zero-order valence-corrected chi connectivity index (χ0v) is 8.10. The van der Waals surface area contributed by atoms with Crippen molar-refractivity contribution in [3.05, 3.63) is 0 Å². The Morgan fingerprint density at radius 3 is 2.73 bits per heavy atom. The van der Waals surface area contributed by atoms with Gasteiger partial charge in [0, 0.05) is 18.6 Å².